The average Bonchev–Trinajstić information content (AvgIpc) is 2.29. The number of hydrogen-bond donors (Lipinski definition) is 2. The lowest BCUT2D eigenvalue weighted by molar-refractivity contribution is -0.146. The van der Waals surface area contributed by atoms with Crippen molar-refractivity contribution in [2.75, 3.05) is 19.6 Å². The molecule has 2 aliphatic rings. The second kappa shape index (κ2) is 6.26. The number of amides is 2. The Morgan fingerprint density at radius 2 is 1.84 bits per heavy atom. The summed E-state index contributed by atoms with van der Waals surface area (Å²) in [4.78, 5) is 23.9. The smallest absolute Gasteiger partial charge is 0.317 e. The molecule has 0 unspecified atom stereocenters. The van der Waals surface area contributed by atoms with E-state index >= 15 is 0 Å². The highest BCUT2D eigenvalue weighted by atomic mass is 16.4. The fourth-order valence-corrected chi connectivity index (χ4v) is 2.91. The molecule has 5 heteroatoms. The maximum Gasteiger partial charge on any atom is 0.317 e. The van der Waals surface area contributed by atoms with Crippen LogP contribution in [-0.4, -0.2) is 41.6 Å². The van der Waals surface area contributed by atoms with Gasteiger partial charge in [-0.1, -0.05) is 32.6 Å². The normalized spacial score (nSPS) is 27.7. The number of carboxylic acid groups (broad SMARTS) is 1. The van der Waals surface area contributed by atoms with Gasteiger partial charge >= 0.3 is 12.0 Å². The lowest BCUT2D eigenvalue weighted by Crippen LogP contribution is -2.56. The molecule has 0 radical (unpaired) electrons. The molecule has 1 heterocycles. The first kappa shape index (κ1) is 14.2. The van der Waals surface area contributed by atoms with E-state index in [-0.39, 0.29) is 11.9 Å². The summed E-state index contributed by atoms with van der Waals surface area (Å²) in [5, 5.41) is 11.6. The minimum Gasteiger partial charge on any atom is -0.481 e. The van der Waals surface area contributed by atoms with Crippen LogP contribution in [-0.2, 0) is 4.79 Å². The van der Waals surface area contributed by atoms with Crippen molar-refractivity contribution in [1.82, 2.24) is 10.2 Å². The third kappa shape index (κ3) is 3.85. The third-order valence-electron chi connectivity index (χ3n) is 4.48. The summed E-state index contributed by atoms with van der Waals surface area (Å²) in [5.74, 6) is 0.436. The second-order valence-corrected chi connectivity index (χ2v) is 6.09. The first-order chi connectivity index (χ1) is 9.06. The third-order valence-corrected chi connectivity index (χ3v) is 4.48. The lowest BCUT2D eigenvalue weighted by Gasteiger charge is -2.36. The SMILES string of the molecule is CC1CCC(CCNC(=O)N2CC(C(=O)O)C2)CC1. The zero-order valence-electron chi connectivity index (χ0n) is 11.6. The molecule has 0 aromatic heterocycles. The summed E-state index contributed by atoms with van der Waals surface area (Å²) in [6.45, 7) is 3.72. The van der Waals surface area contributed by atoms with E-state index in [1.165, 1.54) is 25.7 Å². The Morgan fingerprint density at radius 3 is 2.42 bits per heavy atom. The van der Waals surface area contributed by atoms with E-state index in [0.717, 1.165) is 18.3 Å². The molecule has 2 amide bonds. The summed E-state index contributed by atoms with van der Waals surface area (Å²) < 4.78 is 0. The fourth-order valence-electron chi connectivity index (χ4n) is 2.91. The Bertz CT molecular complexity index is 332. The van der Waals surface area contributed by atoms with Gasteiger partial charge in [0.25, 0.3) is 0 Å². The van der Waals surface area contributed by atoms with Gasteiger partial charge in [-0.2, -0.15) is 0 Å². The standard InChI is InChI=1S/C14H24N2O3/c1-10-2-4-11(5-3-10)6-7-15-14(19)16-8-12(9-16)13(17)18/h10-12H,2-9H2,1H3,(H,15,19)(H,17,18). The number of rotatable bonds is 4. The number of carboxylic acids is 1. The van der Waals surface area contributed by atoms with Crippen molar-refractivity contribution in [3.8, 4) is 0 Å². The van der Waals surface area contributed by atoms with Crippen LogP contribution in [0.5, 0.6) is 0 Å². The van der Waals surface area contributed by atoms with Crippen molar-refractivity contribution in [3.63, 3.8) is 0 Å². The van der Waals surface area contributed by atoms with Crippen LogP contribution in [0.2, 0.25) is 0 Å². The van der Waals surface area contributed by atoms with Crippen LogP contribution < -0.4 is 5.32 Å². The molecule has 0 aromatic rings. The Labute approximate surface area is 114 Å². The number of carbonyl (C=O) groups excluding carboxylic acids is 1. The number of hydrogen-bond acceptors (Lipinski definition) is 2. The zero-order chi connectivity index (χ0) is 13.8. The number of aliphatic carboxylic acids is 1. The first-order valence-corrected chi connectivity index (χ1v) is 7.32. The van der Waals surface area contributed by atoms with Crippen LogP contribution in [0.4, 0.5) is 4.79 Å². The molecule has 2 N–H and O–H groups in total. The Balaban J connectivity index is 1.56. The van der Waals surface area contributed by atoms with Crippen molar-refractivity contribution < 1.29 is 14.7 Å². The van der Waals surface area contributed by atoms with Gasteiger partial charge in [-0.05, 0) is 18.3 Å². The quantitative estimate of drug-likeness (QED) is 0.818. The maximum absolute atomic E-state index is 11.7. The highest BCUT2D eigenvalue weighted by Gasteiger charge is 2.35. The summed E-state index contributed by atoms with van der Waals surface area (Å²) in [6, 6.07) is -0.110. The van der Waals surface area contributed by atoms with Crippen molar-refractivity contribution >= 4 is 12.0 Å². The molecule has 19 heavy (non-hydrogen) atoms. The Morgan fingerprint density at radius 1 is 1.21 bits per heavy atom. The fraction of sp³-hybridized carbons (Fsp3) is 0.857. The molecule has 108 valence electrons. The minimum atomic E-state index is -0.805. The van der Waals surface area contributed by atoms with Gasteiger partial charge < -0.3 is 15.3 Å². The zero-order valence-corrected chi connectivity index (χ0v) is 11.6. The van der Waals surface area contributed by atoms with Gasteiger partial charge in [0.05, 0.1) is 5.92 Å². The topological polar surface area (TPSA) is 69.6 Å². The van der Waals surface area contributed by atoms with E-state index in [1.807, 2.05) is 0 Å². The van der Waals surface area contributed by atoms with Crippen LogP contribution in [0.1, 0.15) is 39.0 Å². The largest absolute Gasteiger partial charge is 0.481 e. The molecule has 0 spiro atoms. The van der Waals surface area contributed by atoms with E-state index in [2.05, 4.69) is 12.2 Å². The monoisotopic (exact) mass is 268 g/mol. The molecule has 1 saturated heterocycles. The van der Waals surface area contributed by atoms with Crippen LogP contribution in [0.25, 0.3) is 0 Å². The number of nitrogens with zero attached hydrogens (tertiary/aromatic N) is 1. The number of likely N-dealkylation sites (tertiary alicyclic amines) is 1. The molecule has 0 aromatic carbocycles. The van der Waals surface area contributed by atoms with E-state index in [1.54, 1.807) is 4.90 Å². The van der Waals surface area contributed by atoms with Gasteiger partial charge in [0.15, 0.2) is 0 Å². The van der Waals surface area contributed by atoms with Crippen LogP contribution in [0.15, 0.2) is 0 Å². The number of carbonyl (C=O) groups is 2. The molecule has 1 aliphatic carbocycles. The van der Waals surface area contributed by atoms with Gasteiger partial charge in [0.1, 0.15) is 0 Å². The van der Waals surface area contributed by atoms with Gasteiger partial charge in [-0.25, -0.2) is 4.79 Å². The predicted octanol–water partition coefficient (Wildman–Crippen LogP) is 1.93. The minimum absolute atomic E-state index is 0.110. The van der Waals surface area contributed by atoms with Gasteiger partial charge in [-0.15, -0.1) is 0 Å². The van der Waals surface area contributed by atoms with Gasteiger partial charge in [0.2, 0.25) is 0 Å². The lowest BCUT2D eigenvalue weighted by atomic mass is 9.81. The Hall–Kier alpha value is -1.26. The van der Waals surface area contributed by atoms with Crippen molar-refractivity contribution in [1.29, 1.82) is 0 Å². The van der Waals surface area contributed by atoms with E-state index < -0.39 is 5.97 Å². The van der Waals surface area contributed by atoms with E-state index in [0.29, 0.717) is 19.6 Å². The molecule has 2 fully saturated rings. The van der Waals surface area contributed by atoms with E-state index in [4.69, 9.17) is 5.11 Å². The molecule has 5 nitrogen and oxygen atoms in total. The number of nitrogens with one attached hydrogen (secondary N) is 1. The molecule has 1 saturated carbocycles. The highest BCUT2D eigenvalue weighted by Crippen LogP contribution is 2.29. The second-order valence-electron chi connectivity index (χ2n) is 6.09. The van der Waals surface area contributed by atoms with Crippen LogP contribution >= 0.6 is 0 Å². The van der Waals surface area contributed by atoms with E-state index in [9.17, 15) is 9.59 Å². The first-order valence-electron chi connectivity index (χ1n) is 7.32. The number of urea groups is 1. The average molecular weight is 268 g/mol. The predicted molar refractivity (Wildman–Crippen MR) is 71.8 cm³/mol. The summed E-state index contributed by atoms with van der Waals surface area (Å²) in [6.07, 6.45) is 6.23. The molecular weight excluding hydrogens is 244 g/mol. The van der Waals surface area contributed by atoms with Gasteiger partial charge in [-0.3, -0.25) is 4.79 Å². The Kier molecular flexibility index (Phi) is 4.66. The molecule has 0 atom stereocenters. The van der Waals surface area contributed by atoms with Crippen molar-refractivity contribution in [2.45, 2.75) is 39.0 Å². The van der Waals surface area contributed by atoms with Crippen LogP contribution in [0, 0.1) is 17.8 Å². The maximum atomic E-state index is 11.7. The van der Waals surface area contributed by atoms with Crippen molar-refractivity contribution in [2.24, 2.45) is 17.8 Å². The summed E-state index contributed by atoms with van der Waals surface area (Å²) in [7, 11) is 0. The van der Waals surface area contributed by atoms with Crippen LogP contribution in [0.3, 0.4) is 0 Å². The molecule has 2 rings (SSSR count). The summed E-state index contributed by atoms with van der Waals surface area (Å²) in [5.41, 5.74) is 0. The molecular formula is C14H24N2O3. The van der Waals surface area contributed by atoms with Gasteiger partial charge in [0, 0.05) is 19.6 Å². The molecule has 1 aliphatic heterocycles. The summed E-state index contributed by atoms with van der Waals surface area (Å²) >= 11 is 0. The molecule has 0 bridgehead atoms. The van der Waals surface area contributed by atoms with Crippen molar-refractivity contribution in [3.05, 3.63) is 0 Å². The highest BCUT2D eigenvalue weighted by molar-refractivity contribution is 5.79.